The molecular weight excluding hydrogens is 214 g/mol. The van der Waals surface area contributed by atoms with Gasteiger partial charge in [-0.1, -0.05) is 48.5 Å². The van der Waals surface area contributed by atoms with Gasteiger partial charge in [0.1, 0.15) is 0 Å². The average molecular weight is 225 g/mol. The van der Waals surface area contributed by atoms with Crippen LogP contribution in [0.5, 0.6) is 0 Å². The number of cyclic esters (lactones) is 1. The molecule has 1 aliphatic heterocycles. The van der Waals surface area contributed by atoms with Crippen LogP contribution in [-0.2, 0) is 10.5 Å². The maximum Gasteiger partial charge on any atom is 0.340 e. The Balaban J connectivity index is 2.21. The quantitative estimate of drug-likeness (QED) is 0.755. The zero-order valence-corrected chi connectivity index (χ0v) is 9.09. The lowest BCUT2D eigenvalue weighted by Gasteiger charge is -2.24. The van der Waals surface area contributed by atoms with E-state index in [1.54, 1.807) is 12.1 Å². The molecule has 0 saturated heterocycles. The van der Waals surface area contributed by atoms with Gasteiger partial charge in [0.05, 0.1) is 5.56 Å². The highest BCUT2D eigenvalue weighted by atomic mass is 16.6. The zero-order valence-electron chi connectivity index (χ0n) is 9.09. The van der Waals surface area contributed by atoms with Gasteiger partial charge in [0, 0.05) is 11.1 Å². The van der Waals surface area contributed by atoms with Gasteiger partial charge in [-0.15, -0.1) is 0 Å². The molecule has 1 unspecified atom stereocenters. The smallest absolute Gasteiger partial charge is 0.340 e. The van der Waals surface area contributed by atoms with Gasteiger partial charge < -0.3 is 4.74 Å². The van der Waals surface area contributed by atoms with Crippen molar-refractivity contribution in [3.63, 3.8) is 0 Å². The molecule has 0 fully saturated rings. The Hall–Kier alpha value is -2.13. The molecule has 2 N–H and O–H groups in total. The molecule has 0 saturated carbocycles. The van der Waals surface area contributed by atoms with Gasteiger partial charge >= 0.3 is 5.97 Å². The van der Waals surface area contributed by atoms with Gasteiger partial charge in [-0.25, -0.2) is 4.79 Å². The molecule has 3 heteroatoms. The summed E-state index contributed by atoms with van der Waals surface area (Å²) in [7, 11) is 0. The van der Waals surface area contributed by atoms with Crippen LogP contribution in [0.25, 0.3) is 0 Å². The first kappa shape index (κ1) is 10.1. The summed E-state index contributed by atoms with van der Waals surface area (Å²) in [6.45, 7) is 0. The summed E-state index contributed by atoms with van der Waals surface area (Å²) in [5.74, 6) is -0.369. The van der Waals surface area contributed by atoms with Crippen LogP contribution in [-0.4, -0.2) is 5.97 Å². The fourth-order valence-electron chi connectivity index (χ4n) is 2.14. The van der Waals surface area contributed by atoms with Crippen molar-refractivity contribution in [1.29, 1.82) is 0 Å². The van der Waals surface area contributed by atoms with Crippen molar-refractivity contribution >= 4 is 5.97 Å². The molecule has 0 bridgehead atoms. The number of fused-ring (bicyclic) bond motifs is 1. The third-order valence-electron chi connectivity index (χ3n) is 3.00. The number of carbonyl (C=O) groups is 1. The van der Waals surface area contributed by atoms with Gasteiger partial charge in [-0.3, -0.25) is 5.73 Å². The van der Waals surface area contributed by atoms with E-state index in [-0.39, 0.29) is 5.97 Å². The van der Waals surface area contributed by atoms with E-state index in [2.05, 4.69) is 0 Å². The second kappa shape index (κ2) is 3.43. The van der Waals surface area contributed by atoms with Gasteiger partial charge in [-0.05, 0) is 6.07 Å². The van der Waals surface area contributed by atoms with Crippen molar-refractivity contribution in [3.8, 4) is 0 Å². The van der Waals surface area contributed by atoms with Crippen LogP contribution in [0.1, 0.15) is 21.5 Å². The van der Waals surface area contributed by atoms with Crippen LogP contribution in [0.3, 0.4) is 0 Å². The molecule has 0 aliphatic carbocycles. The number of hydrogen-bond donors (Lipinski definition) is 1. The molecule has 0 aromatic heterocycles. The predicted molar refractivity (Wildman–Crippen MR) is 63.3 cm³/mol. The molecule has 0 amide bonds. The Morgan fingerprint density at radius 2 is 1.59 bits per heavy atom. The highest BCUT2D eigenvalue weighted by Gasteiger charge is 2.43. The Labute approximate surface area is 98.8 Å². The number of benzene rings is 2. The average Bonchev–Trinajstić information content (AvgIpc) is 2.65. The topological polar surface area (TPSA) is 52.3 Å². The lowest BCUT2D eigenvalue weighted by atomic mass is 9.94. The van der Waals surface area contributed by atoms with Crippen LogP contribution in [0.15, 0.2) is 54.6 Å². The fraction of sp³-hybridized carbons (Fsp3) is 0.0714. The first-order valence-corrected chi connectivity index (χ1v) is 5.39. The number of esters is 1. The standard InChI is InChI=1S/C14H11NO2/c15-14(10-6-2-1-3-7-10)12-9-5-4-8-11(12)13(16)17-14/h1-9H,15H2. The molecular formula is C14H11NO2. The van der Waals surface area contributed by atoms with Crippen LogP contribution < -0.4 is 5.73 Å². The molecule has 1 heterocycles. The summed E-state index contributed by atoms with van der Waals surface area (Å²) in [6.07, 6.45) is 0. The number of carbonyl (C=O) groups excluding carboxylic acids is 1. The molecule has 3 nitrogen and oxygen atoms in total. The molecule has 1 atom stereocenters. The Bertz CT molecular complexity index is 580. The molecule has 17 heavy (non-hydrogen) atoms. The van der Waals surface area contributed by atoms with Crippen molar-refractivity contribution in [1.82, 2.24) is 0 Å². The first-order chi connectivity index (χ1) is 8.22. The third-order valence-corrected chi connectivity index (χ3v) is 3.00. The minimum Gasteiger partial charge on any atom is -0.432 e. The Morgan fingerprint density at radius 3 is 2.35 bits per heavy atom. The van der Waals surface area contributed by atoms with E-state index in [0.29, 0.717) is 5.56 Å². The molecule has 3 rings (SSSR count). The van der Waals surface area contributed by atoms with Crippen molar-refractivity contribution in [2.45, 2.75) is 5.72 Å². The minimum atomic E-state index is -1.16. The van der Waals surface area contributed by atoms with E-state index in [4.69, 9.17) is 10.5 Å². The maximum atomic E-state index is 11.8. The highest BCUT2D eigenvalue weighted by Crippen LogP contribution is 2.37. The summed E-state index contributed by atoms with van der Waals surface area (Å²) in [6, 6.07) is 16.6. The molecule has 84 valence electrons. The van der Waals surface area contributed by atoms with Crippen molar-refractivity contribution in [3.05, 3.63) is 71.3 Å². The largest absolute Gasteiger partial charge is 0.432 e. The molecule has 0 radical (unpaired) electrons. The van der Waals surface area contributed by atoms with E-state index in [1.165, 1.54) is 0 Å². The second-order valence-electron chi connectivity index (χ2n) is 4.04. The normalized spacial score (nSPS) is 22.1. The van der Waals surface area contributed by atoms with Crippen LogP contribution in [0.2, 0.25) is 0 Å². The van der Waals surface area contributed by atoms with Crippen molar-refractivity contribution in [2.75, 3.05) is 0 Å². The lowest BCUT2D eigenvalue weighted by Crippen LogP contribution is -2.37. The Morgan fingerprint density at radius 1 is 0.941 bits per heavy atom. The van der Waals surface area contributed by atoms with Crippen LogP contribution >= 0.6 is 0 Å². The van der Waals surface area contributed by atoms with Gasteiger partial charge in [0.2, 0.25) is 5.72 Å². The number of nitrogens with two attached hydrogens (primary N) is 1. The number of ether oxygens (including phenoxy) is 1. The summed E-state index contributed by atoms with van der Waals surface area (Å²) in [4.78, 5) is 11.8. The minimum absolute atomic E-state index is 0.369. The number of rotatable bonds is 1. The summed E-state index contributed by atoms with van der Waals surface area (Å²) in [5.41, 5.74) is 7.12. The summed E-state index contributed by atoms with van der Waals surface area (Å²) in [5, 5.41) is 0. The maximum absolute atomic E-state index is 11.8. The molecule has 2 aromatic carbocycles. The summed E-state index contributed by atoms with van der Waals surface area (Å²) < 4.78 is 5.34. The van der Waals surface area contributed by atoms with Gasteiger partial charge in [-0.2, -0.15) is 0 Å². The molecule has 0 spiro atoms. The van der Waals surface area contributed by atoms with Gasteiger partial charge in [0.15, 0.2) is 0 Å². The van der Waals surface area contributed by atoms with Crippen LogP contribution in [0.4, 0.5) is 0 Å². The van der Waals surface area contributed by atoms with E-state index >= 15 is 0 Å². The highest BCUT2D eigenvalue weighted by molar-refractivity contribution is 5.95. The summed E-state index contributed by atoms with van der Waals surface area (Å²) >= 11 is 0. The predicted octanol–water partition coefficient (Wildman–Crippen LogP) is 2.02. The van der Waals surface area contributed by atoms with Gasteiger partial charge in [0.25, 0.3) is 0 Å². The van der Waals surface area contributed by atoms with E-state index in [0.717, 1.165) is 11.1 Å². The lowest BCUT2D eigenvalue weighted by molar-refractivity contribution is 0.0133. The molecule has 2 aromatic rings. The third kappa shape index (κ3) is 1.36. The van der Waals surface area contributed by atoms with E-state index in [1.807, 2.05) is 42.5 Å². The first-order valence-electron chi connectivity index (χ1n) is 5.39. The van der Waals surface area contributed by atoms with E-state index in [9.17, 15) is 4.79 Å². The fourth-order valence-corrected chi connectivity index (χ4v) is 2.14. The Kier molecular flexibility index (Phi) is 2.03. The monoisotopic (exact) mass is 225 g/mol. The van der Waals surface area contributed by atoms with Crippen molar-refractivity contribution < 1.29 is 9.53 Å². The zero-order chi connectivity index (χ0) is 11.9. The molecule has 1 aliphatic rings. The second-order valence-corrected chi connectivity index (χ2v) is 4.04. The van der Waals surface area contributed by atoms with E-state index < -0.39 is 5.72 Å². The van der Waals surface area contributed by atoms with Crippen molar-refractivity contribution in [2.24, 2.45) is 5.73 Å². The van der Waals surface area contributed by atoms with Crippen LogP contribution in [0, 0.1) is 0 Å². The SMILES string of the molecule is NC1(c2ccccc2)OC(=O)c2ccccc21. The number of hydrogen-bond acceptors (Lipinski definition) is 3.